The second kappa shape index (κ2) is 6.09. The molecule has 2 rings (SSSR count). The van der Waals surface area contributed by atoms with Crippen LogP contribution in [0.15, 0.2) is 35.0 Å². The monoisotopic (exact) mass is 274 g/mol. The normalized spacial score (nSPS) is 11.6. The molecule has 108 valence electrons. The summed E-state index contributed by atoms with van der Waals surface area (Å²) in [5.41, 5.74) is 2.35. The summed E-state index contributed by atoms with van der Waals surface area (Å²) >= 11 is 0. The summed E-state index contributed by atoms with van der Waals surface area (Å²) in [6.45, 7) is 9.67. The Labute approximate surface area is 120 Å². The number of rotatable bonds is 5. The summed E-state index contributed by atoms with van der Waals surface area (Å²) < 4.78 is 11.0. The Kier molecular flexibility index (Phi) is 4.45. The predicted molar refractivity (Wildman–Crippen MR) is 78.6 cm³/mol. The maximum atomic E-state index is 5.90. The van der Waals surface area contributed by atoms with Crippen LogP contribution in [0.2, 0.25) is 0 Å². The molecule has 1 heterocycles. The Morgan fingerprint density at radius 3 is 2.70 bits per heavy atom. The van der Waals surface area contributed by atoms with E-state index in [4.69, 9.17) is 9.26 Å². The first-order valence-corrected chi connectivity index (χ1v) is 6.81. The average molecular weight is 274 g/mol. The molecule has 1 N–H and O–H groups in total. The molecule has 0 bridgehead atoms. The Balaban J connectivity index is 2.09. The van der Waals surface area contributed by atoms with Crippen molar-refractivity contribution in [3.8, 4) is 5.75 Å². The number of aromatic nitrogens is 1. The fourth-order valence-corrected chi connectivity index (χ4v) is 1.88. The first-order valence-electron chi connectivity index (χ1n) is 6.81. The van der Waals surface area contributed by atoms with E-state index in [1.165, 1.54) is 0 Å². The van der Waals surface area contributed by atoms with Crippen LogP contribution in [0.3, 0.4) is 0 Å². The van der Waals surface area contributed by atoms with Crippen molar-refractivity contribution in [2.75, 3.05) is 0 Å². The molecule has 0 aliphatic rings. The van der Waals surface area contributed by atoms with E-state index in [0.29, 0.717) is 6.61 Å². The lowest BCUT2D eigenvalue weighted by atomic mass is 10.1. The van der Waals surface area contributed by atoms with Gasteiger partial charge in [-0.1, -0.05) is 23.4 Å². The van der Waals surface area contributed by atoms with E-state index in [-0.39, 0.29) is 5.54 Å². The number of benzene rings is 1. The minimum absolute atomic E-state index is 0.0753. The second-order valence-electron chi connectivity index (χ2n) is 5.93. The van der Waals surface area contributed by atoms with Gasteiger partial charge in [-0.3, -0.25) is 0 Å². The largest absolute Gasteiger partial charge is 0.485 e. The van der Waals surface area contributed by atoms with Gasteiger partial charge in [0.2, 0.25) is 0 Å². The minimum atomic E-state index is 0.0753. The molecule has 0 spiro atoms. The minimum Gasteiger partial charge on any atom is -0.485 e. The van der Waals surface area contributed by atoms with E-state index in [2.05, 4.69) is 56.4 Å². The van der Waals surface area contributed by atoms with Gasteiger partial charge in [0.25, 0.3) is 0 Å². The molecule has 0 aliphatic heterocycles. The van der Waals surface area contributed by atoms with Crippen molar-refractivity contribution in [3.63, 3.8) is 0 Å². The zero-order valence-electron chi connectivity index (χ0n) is 12.6. The van der Waals surface area contributed by atoms with Crippen LogP contribution in [0.1, 0.15) is 37.7 Å². The molecule has 4 nitrogen and oxygen atoms in total. The molecular formula is C16H22N2O2. The summed E-state index contributed by atoms with van der Waals surface area (Å²) in [7, 11) is 0. The third kappa shape index (κ3) is 4.10. The van der Waals surface area contributed by atoms with Crippen LogP contribution in [-0.4, -0.2) is 10.7 Å². The highest BCUT2D eigenvalue weighted by molar-refractivity contribution is 5.40. The van der Waals surface area contributed by atoms with Gasteiger partial charge >= 0.3 is 0 Å². The number of hydrogen-bond acceptors (Lipinski definition) is 4. The summed E-state index contributed by atoms with van der Waals surface area (Å²) in [5, 5.41) is 7.16. The van der Waals surface area contributed by atoms with Crippen molar-refractivity contribution in [2.24, 2.45) is 0 Å². The standard InChI is InChI=1S/C16H22N2O2/c1-12-6-5-7-13(10-17-16(2,3)4)15(12)19-11-14-8-9-18-20-14/h5-9,17H,10-11H2,1-4H3. The van der Waals surface area contributed by atoms with Gasteiger partial charge in [0, 0.05) is 23.7 Å². The van der Waals surface area contributed by atoms with Crippen molar-refractivity contribution >= 4 is 0 Å². The Bertz CT molecular complexity index is 542. The summed E-state index contributed by atoms with van der Waals surface area (Å²) in [5.74, 6) is 1.64. The molecule has 0 aliphatic carbocycles. The van der Waals surface area contributed by atoms with Crippen molar-refractivity contribution in [1.82, 2.24) is 10.5 Å². The molecule has 1 aromatic heterocycles. The number of hydrogen-bond donors (Lipinski definition) is 1. The van der Waals surface area contributed by atoms with Crippen LogP contribution in [-0.2, 0) is 13.2 Å². The fourth-order valence-electron chi connectivity index (χ4n) is 1.88. The van der Waals surface area contributed by atoms with Gasteiger partial charge in [-0.25, -0.2) is 0 Å². The van der Waals surface area contributed by atoms with Gasteiger partial charge in [-0.05, 0) is 33.3 Å². The van der Waals surface area contributed by atoms with Crippen LogP contribution in [0.25, 0.3) is 0 Å². The summed E-state index contributed by atoms with van der Waals surface area (Å²) in [6, 6.07) is 8.00. The van der Waals surface area contributed by atoms with Crippen LogP contribution in [0.4, 0.5) is 0 Å². The van der Waals surface area contributed by atoms with Crippen molar-refractivity contribution in [3.05, 3.63) is 47.3 Å². The van der Waals surface area contributed by atoms with Crippen molar-refractivity contribution < 1.29 is 9.26 Å². The van der Waals surface area contributed by atoms with E-state index in [1.54, 1.807) is 6.20 Å². The lowest BCUT2D eigenvalue weighted by Crippen LogP contribution is -2.35. The van der Waals surface area contributed by atoms with Gasteiger partial charge in [-0.15, -0.1) is 0 Å². The Morgan fingerprint density at radius 2 is 2.05 bits per heavy atom. The molecule has 2 aromatic rings. The lowest BCUT2D eigenvalue weighted by Gasteiger charge is -2.22. The molecule has 0 fully saturated rings. The van der Waals surface area contributed by atoms with E-state index >= 15 is 0 Å². The highest BCUT2D eigenvalue weighted by atomic mass is 16.5. The molecule has 0 amide bonds. The van der Waals surface area contributed by atoms with Crippen LogP contribution in [0.5, 0.6) is 5.75 Å². The third-order valence-corrected chi connectivity index (χ3v) is 2.95. The van der Waals surface area contributed by atoms with Gasteiger partial charge in [-0.2, -0.15) is 0 Å². The zero-order chi connectivity index (χ0) is 14.6. The highest BCUT2D eigenvalue weighted by Crippen LogP contribution is 2.25. The third-order valence-electron chi connectivity index (χ3n) is 2.95. The van der Waals surface area contributed by atoms with E-state index in [0.717, 1.165) is 29.2 Å². The SMILES string of the molecule is Cc1cccc(CNC(C)(C)C)c1OCc1ccno1. The number of aryl methyl sites for hydroxylation is 1. The van der Waals surface area contributed by atoms with Gasteiger partial charge < -0.3 is 14.6 Å². The quantitative estimate of drug-likeness (QED) is 0.907. The number of nitrogens with zero attached hydrogens (tertiary/aromatic N) is 1. The average Bonchev–Trinajstić information content (AvgIpc) is 2.87. The van der Waals surface area contributed by atoms with Gasteiger partial charge in [0.1, 0.15) is 12.4 Å². The first kappa shape index (κ1) is 14.6. The first-order chi connectivity index (χ1) is 9.46. The highest BCUT2D eigenvalue weighted by Gasteiger charge is 2.12. The van der Waals surface area contributed by atoms with Crippen molar-refractivity contribution in [2.45, 2.75) is 46.4 Å². The Morgan fingerprint density at radius 1 is 1.25 bits per heavy atom. The predicted octanol–water partition coefficient (Wildman–Crippen LogP) is 3.45. The van der Waals surface area contributed by atoms with Crippen LogP contribution < -0.4 is 10.1 Å². The molecule has 4 heteroatoms. The van der Waals surface area contributed by atoms with E-state index < -0.39 is 0 Å². The zero-order valence-corrected chi connectivity index (χ0v) is 12.6. The molecule has 0 radical (unpaired) electrons. The van der Waals surface area contributed by atoms with Gasteiger partial charge in [0.15, 0.2) is 5.76 Å². The van der Waals surface area contributed by atoms with Crippen molar-refractivity contribution in [1.29, 1.82) is 0 Å². The Hall–Kier alpha value is -1.81. The summed E-state index contributed by atoms with van der Waals surface area (Å²) in [6.07, 6.45) is 1.62. The van der Waals surface area contributed by atoms with Crippen LogP contribution >= 0.6 is 0 Å². The smallest absolute Gasteiger partial charge is 0.174 e. The number of ether oxygens (including phenoxy) is 1. The lowest BCUT2D eigenvalue weighted by molar-refractivity contribution is 0.245. The van der Waals surface area contributed by atoms with E-state index in [1.807, 2.05) is 6.07 Å². The second-order valence-corrected chi connectivity index (χ2v) is 5.93. The topological polar surface area (TPSA) is 47.3 Å². The molecule has 0 unspecified atom stereocenters. The molecular weight excluding hydrogens is 252 g/mol. The number of para-hydroxylation sites is 1. The molecule has 0 saturated heterocycles. The number of nitrogens with one attached hydrogen (secondary N) is 1. The maximum Gasteiger partial charge on any atom is 0.174 e. The van der Waals surface area contributed by atoms with Crippen LogP contribution in [0, 0.1) is 6.92 Å². The molecule has 1 aromatic carbocycles. The van der Waals surface area contributed by atoms with Gasteiger partial charge in [0.05, 0.1) is 6.20 Å². The maximum absolute atomic E-state index is 5.90. The fraction of sp³-hybridized carbons (Fsp3) is 0.438. The molecule has 20 heavy (non-hydrogen) atoms. The molecule has 0 saturated carbocycles. The summed E-state index contributed by atoms with van der Waals surface area (Å²) in [4.78, 5) is 0. The van der Waals surface area contributed by atoms with E-state index in [9.17, 15) is 0 Å². The molecule has 0 atom stereocenters.